The quantitative estimate of drug-likeness (QED) is 0.902. The van der Waals surface area contributed by atoms with Crippen LogP contribution in [-0.4, -0.2) is 45.2 Å². The number of carboxylic acid groups (broad SMARTS) is 1. The molecule has 2 heterocycles. The SMILES string of the molecule is O=C(O)CC1CCN(C(=O)c2cccc3cn[nH]c23)CC1. The summed E-state index contributed by atoms with van der Waals surface area (Å²) in [6.45, 7) is 1.22. The molecule has 2 aromatic rings. The Kier molecular flexibility index (Phi) is 3.60. The number of H-pyrrole nitrogens is 1. The highest BCUT2D eigenvalue weighted by Crippen LogP contribution is 2.23. The lowest BCUT2D eigenvalue weighted by atomic mass is 9.93. The summed E-state index contributed by atoms with van der Waals surface area (Å²) < 4.78 is 0. The van der Waals surface area contributed by atoms with Crippen molar-refractivity contribution >= 4 is 22.8 Å². The van der Waals surface area contributed by atoms with Gasteiger partial charge in [-0.1, -0.05) is 12.1 Å². The van der Waals surface area contributed by atoms with Crippen molar-refractivity contribution in [3.05, 3.63) is 30.0 Å². The molecule has 0 saturated carbocycles. The molecule has 0 aliphatic carbocycles. The number of piperidine rings is 1. The lowest BCUT2D eigenvalue weighted by Crippen LogP contribution is -2.39. The molecule has 2 N–H and O–H groups in total. The summed E-state index contributed by atoms with van der Waals surface area (Å²) in [6, 6.07) is 5.56. The van der Waals surface area contributed by atoms with E-state index >= 15 is 0 Å². The molecule has 6 nitrogen and oxygen atoms in total. The van der Waals surface area contributed by atoms with E-state index in [1.165, 1.54) is 0 Å². The first-order chi connectivity index (χ1) is 10.1. The van der Waals surface area contributed by atoms with E-state index < -0.39 is 5.97 Å². The van der Waals surface area contributed by atoms with Crippen molar-refractivity contribution in [2.24, 2.45) is 5.92 Å². The molecule has 1 aliphatic heterocycles. The number of fused-ring (bicyclic) bond motifs is 1. The molecule has 0 atom stereocenters. The maximum atomic E-state index is 12.6. The second kappa shape index (κ2) is 5.55. The van der Waals surface area contributed by atoms with Crippen LogP contribution in [0.5, 0.6) is 0 Å². The van der Waals surface area contributed by atoms with Crippen LogP contribution < -0.4 is 0 Å². The number of hydrogen-bond acceptors (Lipinski definition) is 3. The Morgan fingerprint density at radius 3 is 2.81 bits per heavy atom. The van der Waals surface area contributed by atoms with Gasteiger partial charge in [0.05, 0.1) is 17.3 Å². The number of rotatable bonds is 3. The van der Waals surface area contributed by atoms with Gasteiger partial charge in [-0.25, -0.2) is 0 Å². The number of aromatic amines is 1. The van der Waals surface area contributed by atoms with Gasteiger partial charge in [0.15, 0.2) is 0 Å². The third-order valence-corrected chi connectivity index (χ3v) is 4.07. The Balaban J connectivity index is 1.72. The second-order valence-electron chi connectivity index (χ2n) is 5.47. The van der Waals surface area contributed by atoms with Crippen molar-refractivity contribution in [3.8, 4) is 0 Å². The molecule has 110 valence electrons. The highest BCUT2D eigenvalue weighted by atomic mass is 16.4. The molecular weight excluding hydrogens is 270 g/mol. The van der Waals surface area contributed by atoms with Crippen LogP contribution in [0, 0.1) is 5.92 Å². The molecule has 1 aromatic carbocycles. The van der Waals surface area contributed by atoms with Gasteiger partial charge in [0, 0.05) is 24.9 Å². The molecular formula is C15H17N3O3. The summed E-state index contributed by atoms with van der Waals surface area (Å²) in [4.78, 5) is 25.1. The van der Waals surface area contributed by atoms with Crippen LogP contribution in [0.2, 0.25) is 0 Å². The molecule has 1 fully saturated rings. The Bertz CT molecular complexity index is 672. The number of para-hydroxylation sites is 1. The van der Waals surface area contributed by atoms with Crippen LogP contribution in [0.3, 0.4) is 0 Å². The van der Waals surface area contributed by atoms with Gasteiger partial charge in [0.25, 0.3) is 5.91 Å². The first-order valence-electron chi connectivity index (χ1n) is 7.08. The number of carbonyl (C=O) groups is 2. The standard InChI is InChI=1S/C15H17N3O3/c19-13(20)8-10-4-6-18(7-5-10)15(21)12-3-1-2-11-9-16-17-14(11)12/h1-3,9-10H,4-8H2,(H,16,17)(H,19,20). The van der Waals surface area contributed by atoms with Crippen LogP contribution in [-0.2, 0) is 4.79 Å². The van der Waals surface area contributed by atoms with E-state index in [2.05, 4.69) is 10.2 Å². The number of aromatic nitrogens is 2. The van der Waals surface area contributed by atoms with Crippen molar-refractivity contribution in [2.45, 2.75) is 19.3 Å². The normalized spacial score (nSPS) is 16.3. The third-order valence-electron chi connectivity index (χ3n) is 4.07. The molecule has 0 radical (unpaired) electrons. The van der Waals surface area contributed by atoms with E-state index in [-0.39, 0.29) is 18.2 Å². The molecule has 0 unspecified atom stereocenters. The lowest BCUT2D eigenvalue weighted by molar-refractivity contribution is -0.138. The first-order valence-corrected chi connectivity index (χ1v) is 7.08. The zero-order valence-electron chi connectivity index (χ0n) is 11.6. The van der Waals surface area contributed by atoms with Crippen molar-refractivity contribution in [2.75, 3.05) is 13.1 Å². The average molecular weight is 287 g/mol. The maximum Gasteiger partial charge on any atom is 0.303 e. The summed E-state index contributed by atoms with van der Waals surface area (Å²) in [7, 11) is 0. The van der Waals surface area contributed by atoms with Gasteiger partial charge in [-0.15, -0.1) is 0 Å². The van der Waals surface area contributed by atoms with Gasteiger partial charge in [0.2, 0.25) is 0 Å². The van der Waals surface area contributed by atoms with Crippen LogP contribution in [0.25, 0.3) is 10.9 Å². The van der Waals surface area contributed by atoms with Crippen LogP contribution in [0.1, 0.15) is 29.6 Å². The highest BCUT2D eigenvalue weighted by Gasteiger charge is 2.26. The maximum absolute atomic E-state index is 12.6. The minimum Gasteiger partial charge on any atom is -0.481 e. The Hall–Kier alpha value is -2.37. The average Bonchev–Trinajstić information content (AvgIpc) is 2.95. The van der Waals surface area contributed by atoms with E-state index in [1.807, 2.05) is 12.1 Å². The monoisotopic (exact) mass is 287 g/mol. The largest absolute Gasteiger partial charge is 0.481 e. The number of hydrogen-bond donors (Lipinski definition) is 2. The van der Waals surface area contributed by atoms with Crippen molar-refractivity contribution in [1.29, 1.82) is 0 Å². The Morgan fingerprint density at radius 1 is 1.33 bits per heavy atom. The highest BCUT2D eigenvalue weighted by molar-refractivity contribution is 6.05. The molecule has 1 aliphatic rings. The number of nitrogens with zero attached hydrogens (tertiary/aromatic N) is 2. The van der Waals surface area contributed by atoms with Crippen molar-refractivity contribution < 1.29 is 14.7 Å². The van der Waals surface area contributed by atoms with Gasteiger partial charge in [-0.05, 0) is 24.8 Å². The van der Waals surface area contributed by atoms with Gasteiger partial charge >= 0.3 is 5.97 Å². The summed E-state index contributed by atoms with van der Waals surface area (Å²) in [5, 5.41) is 16.6. The fourth-order valence-electron chi connectivity index (χ4n) is 2.90. The molecule has 1 amide bonds. The van der Waals surface area contributed by atoms with Gasteiger partial charge < -0.3 is 10.0 Å². The summed E-state index contributed by atoms with van der Waals surface area (Å²) in [6.07, 6.45) is 3.39. The zero-order valence-corrected chi connectivity index (χ0v) is 11.6. The van der Waals surface area contributed by atoms with E-state index in [4.69, 9.17) is 5.11 Å². The predicted molar refractivity (Wildman–Crippen MR) is 77.0 cm³/mol. The van der Waals surface area contributed by atoms with Crippen LogP contribution >= 0.6 is 0 Å². The topological polar surface area (TPSA) is 86.3 Å². The second-order valence-corrected chi connectivity index (χ2v) is 5.47. The smallest absolute Gasteiger partial charge is 0.303 e. The van der Waals surface area contributed by atoms with Gasteiger partial charge in [0.1, 0.15) is 0 Å². The van der Waals surface area contributed by atoms with E-state index in [0.29, 0.717) is 18.7 Å². The summed E-state index contributed by atoms with van der Waals surface area (Å²) >= 11 is 0. The number of carbonyl (C=O) groups excluding carboxylic acids is 1. The van der Waals surface area contributed by atoms with E-state index in [9.17, 15) is 9.59 Å². The van der Waals surface area contributed by atoms with Gasteiger partial charge in [-0.2, -0.15) is 5.10 Å². The first kappa shape index (κ1) is 13.6. The predicted octanol–water partition coefficient (Wildman–Crippen LogP) is 1.89. The number of amides is 1. The number of nitrogens with one attached hydrogen (secondary N) is 1. The van der Waals surface area contributed by atoms with Gasteiger partial charge in [-0.3, -0.25) is 14.7 Å². The summed E-state index contributed by atoms with van der Waals surface area (Å²) in [5.74, 6) is -0.602. The fourth-order valence-corrected chi connectivity index (χ4v) is 2.90. The minimum atomic E-state index is -0.762. The lowest BCUT2D eigenvalue weighted by Gasteiger charge is -2.31. The van der Waals surface area contributed by atoms with E-state index in [1.54, 1.807) is 17.2 Å². The molecule has 0 bridgehead atoms. The molecule has 0 spiro atoms. The Labute approximate surface area is 121 Å². The molecule has 1 saturated heterocycles. The van der Waals surface area contributed by atoms with Crippen molar-refractivity contribution in [1.82, 2.24) is 15.1 Å². The summed E-state index contributed by atoms with van der Waals surface area (Å²) in [5.41, 5.74) is 1.39. The number of likely N-dealkylation sites (tertiary alicyclic amines) is 1. The number of carboxylic acids is 1. The van der Waals surface area contributed by atoms with E-state index in [0.717, 1.165) is 23.7 Å². The third kappa shape index (κ3) is 2.74. The minimum absolute atomic E-state index is 0.0152. The zero-order chi connectivity index (χ0) is 14.8. The van der Waals surface area contributed by atoms with Crippen LogP contribution in [0.4, 0.5) is 0 Å². The molecule has 1 aromatic heterocycles. The molecule has 3 rings (SSSR count). The van der Waals surface area contributed by atoms with Crippen molar-refractivity contribution in [3.63, 3.8) is 0 Å². The molecule has 21 heavy (non-hydrogen) atoms. The molecule has 6 heteroatoms. The Morgan fingerprint density at radius 2 is 2.10 bits per heavy atom. The fraction of sp³-hybridized carbons (Fsp3) is 0.400. The van der Waals surface area contributed by atoms with Crippen LogP contribution in [0.15, 0.2) is 24.4 Å². The number of benzene rings is 1. The number of aliphatic carboxylic acids is 1.